The number of hydrogen-bond acceptors (Lipinski definition) is 3. The van der Waals surface area contributed by atoms with E-state index in [0.29, 0.717) is 6.61 Å². The highest BCUT2D eigenvalue weighted by Crippen LogP contribution is 2.49. The third-order valence-electron chi connectivity index (χ3n) is 3.68. The molecule has 1 saturated carbocycles. The van der Waals surface area contributed by atoms with Crippen molar-refractivity contribution in [1.29, 1.82) is 0 Å². The lowest BCUT2D eigenvalue weighted by Gasteiger charge is -2.36. The summed E-state index contributed by atoms with van der Waals surface area (Å²) in [6.45, 7) is 7.89. The molecule has 0 aromatic heterocycles. The van der Waals surface area contributed by atoms with Crippen molar-refractivity contribution in [3.05, 3.63) is 0 Å². The van der Waals surface area contributed by atoms with E-state index in [4.69, 9.17) is 4.74 Å². The Hall–Kier alpha value is -0.570. The van der Waals surface area contributed by atoms with Crippen LogP contribution in [0, 0.1) is 11.3 Å². The fourth-order valence-electron chi connectivity index (χ4n) is 2.10. The lowest BCUT2D eigenvalue weighted by molar-refractivity contribution is -0.159. The number of esters is 1. The Morgan fingerprint density at radius 3 is 2.43 bits per heavy atom. The molecule has 82 valence electrons. The van der Waals surface area contributed by atoms with E-state index in [9.17, 15) is 9.90 Å². The zero-order valence-corrected chi connectivity index (χ0v) is 9.46. The molecule has 3 heteroatoms. The van der Waals surface area contributed by atoms with Crippen molar-refractivity contribution in [3.63, 3.8) is 0 Å². The van der Waals surface area contributed by atoms with Gasteiger partial charge in [0.2, 0.25) is 0 Å². The smallest absolute Gasteiger partial charge is 0.311 e. The maximum absolute atomic E-state index is 11.6. The first-order valence-corrected chi connectivity index (χ1v) is 5.22. The number of aliphatic hydroxyl groups is 1. The largest absolute Gasteiger partial charge is 0.466 e. The van der Waals surface area contributed by atoms with Crippen LogP contribution in [0.5, 0.6) is 0 Å². The molecule has 0 saturated heterocycles. The van der Waals surface area contributed by atoms with Crippen molar-refractivity contribution in [2.75, 3.05) is 6.61 Å². The number of carbonyl (C=O) groups is 1. The van der Waals surface area contributed by atoms with Crippen LogP contribution in [-0.4, -0.2) is 23.3 Å². The van der Waals surface area contributed by atoms with Gasteiger partial charge in [0.25, 0.3) is 0 Å². The van der Waals surface area contributed by atoms with Crippen LogP contribution in [0.25, 0.3) is 0 Å². The minimum Gasteiger partial charge on any atom is -0.466 e. The second kappa shape index (κ2) is 3.54. The molecule has 0 aromatic carbocycles. The van der Waals surface area contributed by atoms with Crippen molar-refractivity contribution >= 4 is 5.97 Å². The lowest BCUT2D eigenvalue weighted by atomic mass is 9.75. The van der Waals surface area contributed by atoms with E-state index in [1.807, 2.05) is 13.8 Å². The Bertz CT molecular complexity index is 231. The average molecular weight is 200 g/mol. The van der Waals surface area contributed by atoms with Crippen LogP contribution < -0.4 is 0 Å². The van der Waals surface area contributed by atoms with Gasteiger partial charge in [-0.15, -0.1) is 0 Å². The number of ether oxygens (including phenoxy) is 1. The summed E-state index contributed by atoms with van der Waals surface area (Å²) in [5.41, 5.74) is -1.15. The molecule has 1 aliphatic rings. The second-order valence-corrected chi connectivity index (χ2v) is 4.87. The molecule has 14 heavy (non-hydrogen) atoms. The standard InChI is InChI=1S/C11H20O3/c1-5-14-9(12)8-6-7-10(2,3)11(8,4)13/h8,13H,5-7H2,1-4H3/t8-,11+/m1/s1. The van der Waals surface area contributed by atoms with Gasteiger partial charge in [-0.2, -0.15) is 0 Å². The first kappa shape index (κ1) is 11.5. The van der Waals surface area contributed by atoms with Crippen molar-refractivity contribution in [2.45, 2.75) is 46.1 Å². The molecule has 0 spiro atoms. The van der Waals surface area contributed by atoms with Crippen molar-refractivity contribution in [2.24, 2.45) is 11.3 Å². The quantitative estimate of drug-likeness (QED) is 0.691. The van der Waals surface area contributed by atoms with Crippen molar-refractivity contribution < 1.29 is 14.6 Å². The topological polar surface area (TPSA) is 46.5 Å². The van der Waals surface area contributed by atoms with Crippen LogP contribution in [0.2, 0.25) is 0 Å². The van der Waals surface area contributed by atoms with Gasteiger partial charge in [-0.25, -0.2) is 0 Å². The Labute approximate surface area is 85.5 Å². The summed E-state index contributed by atoms with van der Waals surface area (Å²) in [7, 11) is 0. The van der Waals surface area contributed by atoms with E-state index in [1.165, 1.54) is 0 Å². The molecule has 0 bridgehead atoms. The van der Waals surface area contributed by atoms with E-state index in [1.54, 1.807) is 13.8 Å². The predicted octanol–water partition coefficient (Wildman–Crippen LogP) is 1.74. The zero-order valence-electron chi connectivity index (χ0n) is 9.46. The van der Waals surface area contributed by atoms with Gasteiger partial charge in [-0.05, 0) is 32.1 Å². The molecule has 0 heterocycles. The predicted molar refractivity (Wildman–Crippen MR) is 53.8 cm³/mol. The highest BCUT2D eigenvalue weighted by atomic mass is 16.5. The van der Waals surface area contributed by atoms with Crippen LogP contribution >= 0.6 is 0 Å². The molecule has 0 radical (unpaired) electrons. The molecular formula is C11H20O3. The monoisotopic (exact) mass is 200 g/mol. The Balaban J connectivity index is 2.79. The Kier molecular flexibility index (Phi) is 2.91. The fraction of sp³-hybridized carbons (Fsp3) is 0.909. The summed E-state index contributed by atoms with van der Waals surface area (Å²) < 4.78 is 4.96. The third-order valence-corrected chi connectivity index (χ3v) is 3.68. The second-order valence-electron chi connectivity index (χ2n) is 4.87. The first-order valence-electron chi connectivity index (χ1n) is 5.22. The van der Waals surface area contributed by atoms with Gasteiger partial charge < -0.3 is 9.84 Å². The van der Waals surface area contributed by atoms with Crippen LogP contribution in [0.15, 0.2) is 0 Å². The van der Waals surface area contributed by atoms with Crippen LogP contribution in [0.4, 0.5) is 0 Å². The summed E-state index contributed by atoms with van der Waals surface area (Å²) >= 11 is 0. The van der Waals surface area contributed by atoms with Gasteiger partial charge in [0.15, 0.2) is 0 Å². The minimum atomic E-state index is -0.945. The summed E-state index contributed by atoms with van der Waals surface area (Å²) in [6.07, 6.45) is 1.59. The molecule has 0 amide bonds. The first-order chi connectivity index (χ1) is 6.33. The van der Waals surface area contributed by atoms with Crippen LogP contribution in [0.1, 0.15) is 40.5 Å². The van der Waals surface area contributed by atoms with Gasteiger partial charge >= 0.3 is 5.97 Å². The van der Waals surface area contributed by atoms with Gasteiger partial charge in [-0.1, -0.05) is 13.8 Å². The van der Waals surface area contributed by atoms with E-state index < -0.39 is 5.60 Å². The molecule has 3 nitrogen and oxygen atoms in total. The fourth-order valence-corrected chi connectivity index (χ4v) is 2.10. The third kappa shape index (κ3) is 1.65. The SMILES string of the molecule is CCOC(=O)[C@H]1CCC(C)(C)[C@@]1(C)O. The highest BCUT2D eigenvalue weighted by Gasteiger charge is 2.54. The molecule has 1 rings (SSSR count). The molecule has 0 aromatic rings. The molecular weight excluding hydrogens is 180 g/mol. The molecule has 1 fully saturated rings. The molecule has 0 aliphatic heterocycles. The lowest BCUT2D eigenvalue weighted by Crippen LogP contribution is -2.45. The maximum atomic E-state index is 11.6. The molecule has 1 N–H and O–H groups in total. The maximum Gasteiger partial charge on any atom is 0.311 e. The van der Waals surface area contributed by atoms with Crippen LogP contribution in [-0.2, 0) is 9.53 Å². The summed E-state index contributed by atoms with van der Waals surface area (Å²) in [6, 6.07) is 0. The minimum absolute atomic E-state index is 0.204. The van der Waals surface area contributed by atoms with E-state index in [2.05, 4.69) is 0 Å². The van der Waals surface area contributed by atoms with E-state index in [0.717, 1.165) is 12.8 Å². The van der Waals surface area contributed by atoms with E-state index in [-0.39, 0.29) is 17.3 Å². The summed E-state index contributed by atoms with van der Waals surface area (Å²) in [5, 5.41) is 10.3. The normalized spacial score (nSPS) is 35.6. The Morgan fingerprint density at radius 1 is 1.50 bits per heavy atom. The van der Waals surface area contributed by atoms with Gasteiger partial charge in [0.1, 0.15) is 0 Å². The summed E-state index contributed by atoms with van der Waals surface area (Å²) in [5.74, 6) is -0.625. The van der Waals surface area contributed by atoms with Gasteiger partial charge in [0, 0.05) is 0 Å². The summed E-state index contributed by atoms with van der Waals surface area (Å²) in [4.78, 5) is 11.6. The van der Waals surface area contributed by atoms with E-state index >= 15 is 0 Å². The van der Waals surface area contributed by atoms with Gasteiger partial charge in [-0.3, -0.25) is 4.79 Å². The van der Waals surface area contributed by atoms with Crippen LogP contribution in [0.3, 0.4) is 0 Å². The number of carbonyl (C=O) groups excluding carboxylic acids is 1. The molecule has 1 aliphatic carbocycles. The van der Waals surface area contributed by atoms with Crippen molar-refractivity contribution in [3.8, 4) is 0 Å². The van der Waals surface area contributed by atoms with Crippen molar-refractivity contribution in [1.82, 2.24) is 0 Å². The zero-order chi connectivity index (χ0) is 11.0. The van der Waals surface area contributed by atoms with Gasteiger partial charge in [0.05, 0.1) is 18.1 Å². The number of rotatable bonds is 2. The number of hydrogen-bond donors (Lipinski definition) is 1. The Morgan fingerprint density at radius 2 is 2.07 bits per heavy atom. The molecule has 0 unspecified atom stereocenters. The molecule has 2 atom stereocenters. The highest BCUT2D eigenvalue weighted by molar-refractivity contribution is 5.74. The average Bonchev–Trinajstić information content (AvgIpc) is 2.23.